The van der Waals surface area contributed by atoms with Crippen molar-refractivity contribution in [3.8, 4) is 0 Å². The standard InChI is InChI=1S/C14H28N2O/c1-13(2)12(14(13,3)4)11(16-15)8-7-10-6-5-9-17-10/h10-12,16H,5-9,15H2,1-4H3. The van der Waals surface area contributed by atoms with Crippen LogP contribution in [-0.4, -0.2) is 18.8 Å². The minimum absolute atomic E-state index is 0.403. The number of nitrogens with two attached hydrogens (primary N) is 1. The Morgan fingerprint density at radius 2 is 1.94 bits per heavy atom. The van der Waals surface area contributed by atoms with Crippen LogP contribution < -0.4 is 11.3 Å². The van der Waals surface area contributed by atoms with Gasteiger partial charge in [-0.1, -0.05) is 27.7 Å². The summed E-state index contributed by atoms with van der Waals surface area (Å²) in [6, 6.07) is 0.434. The predicted octanol–water partition coefficient (Wildman–Crippen LogP) is 2.46. The fraction of sp³-hybridized carbons (Fsp3) is 1.00. The Balaban J connectivity index is 1.85. The zero-order chi connectivity index (χ0) is 12.7. The number of hydrazine groups is 1. The Hall–Kier alpha value is -0.120. The number of hydrogen-bond acceptors (Lipinski definition) is 3. The molecule has 2 rings (SSSR count). The van der Waals surface area contributed by atoms with Crippen LogP contribution in [0.3, 0.4) is 0 Å². The van der Waals surface area contributed by atoms with Gasteiger partial charge in [-0.25, -0.2) is 0 Å². The maximum atomic E-state index is 5.75. The van der Waals surface area contributed by atoms with Crippen LogP contribution in [0.15, 0.2) is 0 Å². The van der Waals surface area contributed by atoms with E-state index in [1.54, 1.807) is 0 Å². The lowest BCUT2D eigenvalue weighted by molar-refractivity contribution is 0.0980. The summed E-state index contributed by atoms with van der Waals surface area (Å²) in [5, 5.41) is 0. The van der Waals surface area contributed by atoms with Gasteiger partial charge in [0.1, 0.15) is 0 Å². The first kappa shape index (κ1) is 13.3. The molecule has 2 fully saturated rings. The zero-order valence-corrected chi connectivity index (χ0v) is 11.8. The highest BCUT2D eigenvalue weighted by Crippen LogP contribution is 2.69. The second-order valence-electron chi connectivity index (χ2n) is 6.91. The summed E-state index contributed by atoms with van der Waals surface area (Å²) in [5.41, 5.74) is 3.85. The summed E-state index contributed by atoms with van der Waals surface area (Å²) in [6.45, 7) is 10.4. The third-order valence-corrected chi connectivity index (χ3v) is 5.57. The highest BCUT2D eigenvalue weighted by atomic mass is 16.5. The number of hydrogen-bond donors (Lipinski definition) is 2. The topological polar surface area (TPSA) is 47.3 Å². The van der Waals surface area contributed by atoms with Gasteiger partial charge < -0.3 is 4.74 Å². The van der Waals surface area contributed by atoms with Crippen molar-refractivity contribution < 1.29 is 4.74 Å². The minimum Gasteiger partial charge on any atom is -0.378 e. The molecule has 3 nitrogen and oxygen atoms in total. The largest absolute Gasteiger partial charge is 0.378 e. The van der Waals surface area contributed by atoms with Crippen LogP contribution in [-0.2, 0) is 4.74 Å². The van der Waals surface area contributed by atoms with Crippen molar-refractivity contribution in [3.05, 3.63) is 0 Å². The normalized spacial score (nSPS) is 32.6. The van der Waals surface area contributed by atoms with Gasteiger partial charge in [-0.15, -0.1) is 0 Å². The molecule has 3 heteroatoms. The monoisotopic (exact) mass is 240 g/mol. The molecule has 17 heavy (non-hydrogen) atoms. The van der Waals surface area contributed by atoms with Crippen molar-refractivity contribution in [1.29, 1.82) is 0 Å². The second kappa shape index (κ2) is 4.52. The third-order valence-electron chi connectivity index (χ3n) is 5.57. The first-order valence-electron chi connectivity index (χ1n) is 6.99. The molecule has 1 aliphatic carbocycles. The highest BCUT2D eigenvalue weighted by molar-refractivity contribution is 5.15. The van der Waals surface area contributed by atoms with Crippen LogP contribution in [0.2, 0.25) is 0 Å². The van der Waals surface area contributed by atoms with Gasteiger partial charge in [0.25, 0.3) is 0 Å². The quantitative estimate of drug-likeness (QED) is 0.573. The Kier molecular flexibility index (Phi) is 3.54. The molecule has 3 N–H and O–H groups in total. The van der Waals surface area contributed by atoms with Crippen LogP contribution in [0.25, 0.3) is 0 Å². The molecular formula is C14H28N2O. The van der Waals surface area contributed by atoms with Crippen LogP contribution in [0.1, 0.15) is 53.4 Å². The van der Waals surface area contributed by atoms with Gasteiger partial charge in [-0.05, 0) is 42.4 Å². The van der Waals surface area contributed by atoms with E-state index in [0.717, 1.165) is 19.4 Å². The molecule has 0 spiro atoms. The molecule has 1 saturated carbocycles. The van der Waals surface area contributed by atoms with E-state index in [2.05, 4.69) is 33.1 Å². The van der Waals surface area contributed by atoms with Crippen molar-refractivity contribution in [2.24, 2.45) is 22.6 Å². The van der Waals surface area contributed by atoms with E-state index in [4.69, 9.17) is 10.6 Å². The Bertz CT molecular complexity index is 255. The van der Waals surface area contributed by atoms with E-state index < -0.39 is 0 Å². The van der Waals surface area contributed by atoms with Crippen molar-refractivity contribution in [2.45, 2.75) is 65.5 Å². The van der Waals surface area contributed by atoms with Gasteiger partial charge in [0.2, 0.25) is 0 Å². The van der Waals surface area contributed by atoms with Gasteiger partial charge >= 0.3 is 0 Å². The fourth-order valence-electron chi connectivity index (χ4n) is 3.84. The van der Waals surface area contributed by atoms with E-state index in [9.17, 15) is 0 Å². The smallest absolute Gasteiger partial charge is 0.0576 e. The van der Waals surface area contributed by atoms with Gasteiger partial charge in [-0.2, -0.15) is 0 Å². The van der Waals surface area contributed by atoms with E-state index in [1.807, 2.05) is 0 Å². The molecule has 0 bridgehead atoms. The molecule has 2 aliphatic rings. The van der Waals surface area contributed by atoms with Crippen molar-refractivity contribution >= 4 is 0 Å². The average molecular weight is 240 g/mol. The van der Waals surface area contributed by atoms with Crippen LogP contribution in [0.4, 0.5) is 0 Å². The van der Waals surface area contributed by atoms with E-state index in [0.29, 0.717) is 28.9 Å². The van der Waals surface area contributed by atoms with Crippen molar-refractivity contribution in [2.75, 3.05) is 6.61 Å². The SMILES string of the molecule is CC1(C)C(C(CCC2CCCO2)NN)C1(C)C. The molecule has 2 atom stereocenters. The van der Waals surface area contributed by atoms with Crippen LogP contribution in [0, 0.1) is 16.7 Å². The van der Waals surface area contributed by atoms with Gasteiger partial charge in [0.15, 0.2) is 0 Å². The van der Waals surface area contributed by atoms with Gasteiger partial charge in [0, 0.05) is 12.6 Å². The molecule has 0 amide bonds. The fourth-order valence-corrected chi connectivity index (χ4v) is 3.84. The number of rotatable bonds is 5. The van der Waals surface area contributed by atoms with E-state index >= 15 is 0 Å². The molecule has 100 valence electrons. The van der Waals surface area contributed by atoms with E-state index in [-0.39, 0.29) is 0 Å². The van der Waals surface area contributed by atoms with Gasteiger partial charge in [-0.3, -0.25) is 11.3 Å². The molecule has 1 saturated heterocycles. The summed E-state index contributed by atoms with van der Waals surface area (Å²) < 4.78 is 5.68. The first-order valence-corrected chi connectivity index (χ1v) is 6.99. The number of ether oxygens (including phenoxy) is 1. The molecule has 0 aromatic carbocycles. The average Bonchev–Trinajstić information content (AvgIpc) is 2.65. The molecule has 1 aliphatic heterocycles. The number of nitrogens with one attached hydrogen (secondary N) is 1. The van der Waals surface area contributed by atoms with Crippen LogP contribution in [0.5, 0.6) is 0 Å². The van der Waals surface area contributed by atoms with Crippen molar-refractivity contribution in [3.63, 3.8) is 0 Å². The third kappa shape index (κ3) is 2.25. The summed E-state index contributed by atoms with van der Waals surface area (Å²) >= 11 is 0. The van der Waals surface area contributed by atoms with Gasteiger partial charge in [0.05, 0.1) is 6.10 Å². The van der Waals surface area contributed by atoms with Crippen molar-refractivity contribution in [1.82, 2.24) is 5.43 Å². The Labute approximate surface area is 105 Å². The summed E-state index contributed by atoms with van der Waals surface area (Å²) in [6.07, 6.45) is 5.23. The lowest BCUT2D eigenvalue weighted by Crippen LogP contribution is -2.39. The molecule has 2 unspecified atom stereocenters. The zero-order valence-electron chi connectivity index (χ0n) is 11.8. The maximum absolute atomic E-state index is 5.75. The minimum atomic E-state index is 0.403. The molecule has 0 aromatic rings. The summed E-state index contributed by atoms with van der Waals surface area (Å²) in [4.78, 5) is 0. The van der Waals surface area contributed by atoms with E-state index in [1.165, 1.54) is 12.8 Å². The Morgan fingerprint density at radius 1 is 1.29 bits per heavy atom. The Morgan fingerprint density at radius 3 is 2.35 bits per heavy atom. The second-order valence-corrected chi connectivity index (χ2v) is 6.91. The summed E-state index contributed by atoms with van der Waals surface area (Å²) in [5.74, 6) is 6.43. The molecular weight excluding hydrogens is 212 g/mol. The van der Waals surface area contributed by atoms with Crippen LogP contribution >= 0.6 is 0 Å². The lowest BCUT2D eigenvalue weighted by atomic mass is 9.98. The highest BCUT2D eigenvalue weighted by Gasteiger charge is 2.66. The first-order chi connectivity index (χ1) is 7.91. The predicted molar refractivity (Wildman–Crippen MR) is 70.4 cm³/mol. The lowest BCUT2D eigenvalue weighted by Gasteiger charge is -2.20. The molecule has 0 radical (unpaired) electrons. The summed E-state index contributed by atoms with van der Waals surface area (Å²) in [7, 11) is 0. The molecule has 0 aromatic heterocycles. The molecule has 1 heterocycles. The maximum Gasteiger partial charge on any atom is 0.0576 e.